The molecule has 0 aliphatic heterocycles. The third kappa shape index (κ3) is 8.32. The second-order valence-corrected chi connectivity index (χ2v) is 13.1. The van der Waals surface area contributed by atoms with Gasteiger partial charge in [-0.05, 0) is 101 Å². The molecule has 0 radical (unpaired) electrons. The van der Waals surface area contributed by atoms with Crippen LogP contribution < -0.4 is 4.74 Å². The molecule has 0 aliphatic rings. The number of aryl methyl sites for hydroxylation is 2. The van der Waals surface area contributed by atoms with Crippen molar-refractivity contribution >= 4 is 39.2 Å². The predicted molar refractivity (Wildman–Crippen MR) is 197 cm³/mol. The van der Waals surface area contributed by atoms with E-state index in [1.807, 2.05) is 56.2 Å². The van der Waals surface area contributed by atoms with Crippen molar-refractivity contribution in [3.63, 3.8) is 0 Å². The molecule has 0 aliphatic carbocycles. The standard InChI is InChI=1S/C39H48ClFN4O5/c1-6-31-35(38(43-45(31)5)33(19-20-44(3)4)50-22-9-8-21-46)34-30(40)18-17-29-28(37(42-36(29)34)39(47)48-7-2)13-11-23-49-32-14-10-12-25-24-26(41)15-16-27(25)32/h10,12,14-18,24,33,42,46H,6-9,11,13,19-23H2,1-5H3. The van der Waals surface area contributed by atoms with Crippen molar-refractivity contribution in [1.82, 2.24) is 19.7 Å². The maximum Gasteiger partial charge on any atom is 0.355 e. The first-order chi connectivity index (χ1) is 24.2. The molecule has 5 rings (SSSR count). The molecule has 1 unspecified atom stereocenters. The van der Waals surface area contributed by atoms with Gasteiger partial charge in [-0.2, -0.15) is 5.10 Å². The van der Waals surface area contributed by atoms with Crippen LogP contribution >= 0.6 is 11.6 Å². The number of esters is 1. The molecule has 1 atom stereocenters. The molecule has 50 heavy (non-hydrogen) atoms. The molecule has 3 aromatic carbocycles. The van der Waals surface area contributed by atoms with Crippen LogP contribution in [0.5, 0.6) is 5.75 Å². The van der Waals surface area contributed by atoms with E-state index in [1.54, 1.807) is 13.0 Å². The van der Waals surface area contributed by atoms with Crippen LogP contribution in [0, 0.1) is 5.82 Å². The number of nitrogens with zero attached hydrogens (tertiary/aromatic N) is 3. The number of carbonyl (C=O) groups is 1. The van der Waals surface area contributed by atoms with E-state index in [-0.39, 0.29) is 25.1 Å². The summed E-state index contributed by atoms with van der Waals surface area (Å²) >= 11 is 7.09. The molecule has 5 aromatic rings. The SMILES string of the molecule is CCOC(=O)c1[nH]c2c(-c3c(C(CCN(C)C)OCCCCO)nn(C)c3CC)c(Cl)ccc2c1CCCOc1cccc2cc(F)ccc12. The van der Waals surface area contributed by atoms with Gasteiger partial charge >= 0.3 is 5.97 Å². The number of carbonyl (C=O) groups excluding carboxylic acids is 1. The third-order valence-corrected chi connectivity index (χ3v) is 9.25. The summed E-state index contributed by atoms with van der Waals surface area (Å²) in [7, 11) is 6.00. The molecule has 9 nitrogen and oxygen atoms in total. The Bertz CT molecular complexity index is 1920. The largest absolute Gasteiger partial charge is 0.493 e. The summed E-state index contributed by atoms with van der Waals surface area (Å²) in [5.41, 5.74) is 5.42. The number of unbranched alkanes of at least 4 members (excludes halogenated alkanes) is 1. The van der Waals surface area contributed by atoms with Crippen molar-refractivity contribution in [2.75, 3.05) is 47.1 Å². The van der Waals surface area contributed by atoms with Gasteiger partial charge in [0.25, 0.3) is 0 Å². The lowest BCUT2D eigenvalue weighted by molar-refractivity contribution is 0.0351. The van der Waals surface area contributed by atoms with E-state index in [4.69, 9.17) is 30.9 Å². The number of aromatic amines is 1. The molecule has 0 spiro atoms. The predicted octanol–water partition coefficient (Wildman–Crippen LogP) is 8.05. The highest BCUT2D eigenvalue weighted by Crippen LogP contribution is 2.43. The number of hydrogen-bond donors (Lipinski definition) is 2. The fourth-order valence-electron chi connectivity index (χ4n) is 6.56. The van der Waals surface area contributed by atoms with Gasteiger partial charge in [0.1, 0.15) is 23.4 Å². The lowest BCUT2D eigenvalue weighted by atomic mass is 9.95. The molecule has 2 heterocycles. The fraction of sp³-hybridized carbons (Fsp3) is 0.436. The smallest absolute Gasteiger partial charge is 0.355 e. The van der Waals surface area contributed by atoms with Crippen molar-refractivity contribution < 1.29 is 28.5 Å². The highest BCUT2D eigenvalue weighted by Gasteiger charge is 2.29. The first kappa shape index (κ1) is 37.3. The minimum atomic E-state index is -0.434. The van der Waals surface area contributed by atoms with Crippen LogP contribution in [0.4, 0.5) is 4.39 Å². The van der Waals surface area contributed by atoms with E-state index in [9.17, 15) is 14.3 Å². The fourth-order valence-corrected chi connectivity index (χ4v) is 6.81. The van der Waals surface area contributed by atoms with E-state index in [0.29, 0.717) is 61.8 Å². The van der Waals surface area contributed by atoms with Crippen molar-refractivity contribution in [2.24, 2.45) is 7.05 Å². The monoisotopic (exact) mass is 706 g/mol. The van der Waals surface area contributed by atoms with Crippen molar-refractivity contribution in [1.29, 1.82) is 0 Å². The number of rotatable bonds is 18. The lowest BCUT2D eigenvalue weighted by Crippen LogP contribution is -2.18. The van der Waals surface area contributed by atoms with Gasteiger partial charge < -0.3 is 29.2 Å². The zero-order chi connectivity index (χ0) is 35.8. The summed E-state index contributed by atoms with van der Waals surface area (Å²) in [5, 5.41) is 17.4. The van der Waals surface area contributed by atoms with E-state index in [1.165, 1.54) is 12.1 Å². The van der Waals surface area contributed by atoms with Gasteiger partial charge in [-0.1, -0.05) is 36.7 Å². The molecule has 0 bridgehead atoms. The average molecular weight is 707 g/mol. The molecule has 0 amide bonds. The Hall–Kier alpha value is -3.96. The number of aliphatic hydroxyl groups excluding tert-OH is 1. The van der Waals surface area contributed by atoms with Gasteiger partial charge in [0.05, 0.1) is 29.4 Å². The summed E-state index contributed by atoms with van der Waals surface area (Å²) in [5.74, 6) is -0.0465. The highest BCUT2D eigenvalue weighted by molar-refractivity contribution is 6.35. The molecule has 0 fully saturated rings. The quantitative estimate of drug-likeness (QED) is 0.0703. The van der Waals surface area contributed by atoms with Crippen LogP contribution in [0.15, 0.2) is 48.5 Å². The Balaban J connectivity index is 1.54. The molecule has 268 valence electrons. The Kier molecular flexibility index (Phi) is 12.9. The van der Waals surface area contributed by atoms with E-state index < -0.39 is 5.97 Å². The second kappa shape index (κ2) is 17.3. The number of aromatic nitrogens is 3. The van der Waals surface area contributed by atoms with Crippen LogP contribution in [0.25, 0.3) is 32.8 Å². The summed E-state index contributed by atoms with van der Waals surface area (Å²) in [4.78, 5) is 19.0. The Morgan fingerprint density at radius 3 is 2.60 bits per heavy atom. The Morgan fingerprint density at radius 2 is 1.86 bits per heavy atom. The number of nitrogens with one attached hydrogen (secondary N) is 1. The molecule has 2 aromatic heterocycles. The molecule has 0 saturated carbocycles. The number of hydrogen-bond acceptors (Lipinski definition) is 7. The minimum Gasteiger partial charge on any atom is -0.493 e. The van der Waals surface area contributed by atoms with Crippen LogP contribution in [0.2, 0.25) is 5.02 Å². The first-order valence-corrected chi connectivity index (χ1v) is 17.8. The molecule has 2 N–H and O–H groups in total. The zero-order valence-corrected chi connectivity index (χ0v) is 30.4. The van der Waals surface area contributed by atoms with Gasteiger partial charge in [-0.25, -0.2) is 9.18 Å². The number of halogens is 2. The average Bonchev–Trinajstić information content (AvgIpc) is 3.62. The topological polar surface area (TPSA) is 102 Å². The highest BCUT2D eigenvalue weighted by atomic mass is 35.5. The van der Waals surface area contributed by atoms with Crippen molar-refractivity contribution in [3.05, 3.63) is 82.0 Å². The maximum atomic E-state index is 13.8. The molecular weight excluding hydrogens is 659 g/mol. The Morgan fingerprint density at radius 1 is 1.06 bits per heavy atom. The molecular formula is C39H48ClFN4O5. The van der Waals surface area contributed by atoms with Crippen molar-refractivity contribution in [2.45, 2.75) is 58.5 Å². The van der Waals surface area contributed by atoms with Gasteiger partial charge in [-0.15, -0.1) is 0 Å². The third-order valence-electron chi connectivity index (χ3n) is 8.94. The van der Waals surface area contributed by atoms with Crippen LogP contribution in [-0.4, -0.2) is 77.8 Å². The first-order valence-electron chi connectivity index (χ1n) is 17.4. The van der Waals surface area contributed by atoms with Gasteiger partial charge in [0, 0.05) is 54.4 Å². The van der Waals surface area contributed by atoms with E-state index in [2.05, 4.69) is 16.8 Å². The number of aliphatic hydroxyl groups is 1. The summed E-state index contributed by atoms with van der Waals surface area (Å²) in [6.45, 7) is 5.90. The Labute approximate surface area is 298 Å². The number of ether oxygens (including phenoxy) is 3. The number of benzene rings is 3. The van der Waals surface area contributed by atoms with Gasteiger partial charge in [0.15, 0.2) is 0 Å². The van der Waals surface area contributed by atoms with E-state index in [0.717, 1.165) is 62.7 Å². The van der Waals surface area contributed by atoms with E-state index >= 15 is 0 Å². The lowest BCUT2D eigenvalue weighted by Gasteiger charge is -2.21. The van der Waals surface area contributed by atoms with Gasteiger partial charge in [-0.3, -0.25) is 4.68 Å². The number of fused-ring (bicyclic) bond motifs is 2. The van der Waals surface area contributed by atoms with Crippen LogP contribution in [-0.2, 0) is 29.4 Å². The second-order valence-electron chi connectivity index (χ2n) is 12.7. The van der Waals surface area contributed by atoms with Crippen LogP contribution in [0.1, 0.15) is 73.1 Å². The van der Waals surface area contributed by atoms with Crippen molar-refractivity contribution in [3.8, 4) is 16.9 Å². The number of H-pyrrole nitrogens is 1. The summed E-state index contributed by atoms with van der Waals surface area (Å²) in [6.07, 6.45) is 3.65. The normalized spacial score (nSPS) is 12.3. The van der Waals surface area contributed by atoms with Gasteiger partial charge in [0.2, 0.25) is 0 Å². The minimum absolute atomic E-state index is 0.118. The maximum absolute atomic E-state index is 13.8. The summed E-state index contributed by atoms with van der Waals surface area (Å²) in [6, 6.07) is 14.1. The molecule has 11 heteroatoms. The molecule has 0 saturated heterocycles. The van der Waals surface area contributed by atoms with Crippen LogP contribution in [0.3, 0.4) is 0 Å². The summed E-state index contributed by atoms with van der Waals surface area (Å²) < 4.78 is 33.9. The zero-order valence-electron chi connectivity index (χ0n) is 29.7.